The molecule has 5 aliphatic heterocycles. The number of carbonyl (C=O) groups excluding carboxylic acids is 2. The Morgan fingerprint density at radius 1 is 0.903 bits per heavy atom. The first-order valence-corrected chi connectivity index (χ1v) is 23.4. The minimum absolute atomic E-state index is 0.0207. The van der Waals surface area contributed by atoms with E-state index in [1.807, 2.05) is 12.1 Å². The second-order valence-corrected chi connectivity index (χ2v) is 20.7. The van der Waals surface area contributed by atoms with Gasteiger partial charge in [0.25, 0.3) is 10.2 Å². The highest BCUT2D eigenvalue weighted by atomic mass is 32.2. The maximum absolute atomic E-state index is 14.0. The van der Waals surface area contributed by atoms with E-state index in [2.05, 4.69) is 47.6 Å². The van der Waals surface area contributed by atoms with Crippen molar-refractivity contribution in [1.29, 1.82) is 0 Å². The summed E-state index contributed by atoms with van der Waals surface area (Å²) in [5.74, 6) is -0.229. The highest BCUT2D eigenvalue weighted by Crippen LogP contribution is 2.43. The van der Waals surface area contributed by atoms with Gasteiger partial charge >= 0.3 is 6.18 Å². The molecule has 8 rings (SSSR count). The van der Waals surface area contributed by atoms with Crippen LogP contribution in [0.4, 0.5) is 24.8 Å². The van der Waals surface area contributed by atoms with Gasteiger partial charge < -0.3 is 20.2 Å². The number of halogens is 3. The van der Waals surface area contributed by atoms with Gasteiger partial charge in [0.2, 0.25) is 17.8 Å². The molecule has 1 unspecified atom stereocenters. The molecule has 1 atom stereocenters. The molecule has 0 saturated carbocycles. The van der Waals surface area contributed by atoms with E-state index in [0.29, 0.717) is 50.1 Å². The topological polar surface area (TPSA) is 169 Å². The molecule has 2 amide bonds. The van der Waals surface area contributed by atoms with Crippen molar-refractivity contribution in [3.05, 3.63) is 54.0 Å². The number of anilines is 2. The molecule has 5 saturated heterocycles. The Morgan fingerprint density at radius 3 is 2.21 bits per heavy atom. The average Bonchev–Trinajstić information content (AvgIpc) is 3.69. The number of hydrogen-bond acceptors (Lipinski definition) is 11. The predicted octanol–water partition coefficient (Wildman–Crippen LogP) is 4.87. The van der Waals surface area contributed by atoms with Crippen molar-refractivity contribution < 1.29 is 36.3 Å². The summed E-state index contributed by atoms with van der Waals surface area (Å²) in [6.45, 7) is 9.82. The zero-order valence-corrected chi connectivity index (χ0v) is 36.4. The number of piperidine rings is 5. The third-order valence-electron chi connectivity index (χ3n) is 13.7. The van der Waals surface area contributed by atoms with Crippen molar-refractivity contribution in [3.8, 4) is 11.3 Å². The number of nitrogens with one attached hydrogen (secondary N) is 2. The first-order valence-electron chi connectivity index (χ1n) is 22.1. The van der Waals surface area contributed by atoms with Crippen LogP contribution in [0.15, 0.2) is 42.9 Å². The molecule has 0 bridgehead atoms. The summed E-state index contributed by atoms with van der Waals surface area (Å²) in [6.07, 6.45) is 6.79. The lowest BCUT2D eigenvalue weighted by Gasteiger charge is -2.48. The van der Waals surface area contributed by atoms with Gasteiger partial charge in [0.1, 0.15) is 5.56 Å². The molecule has 5 aliphatic rings. The van der Waals surface area contributed by atoms with Crippen molar-refractivity contribution in [1.82, 2.24) is 38.6 Å². The SMILES string of the molecule is CC(C)(O)Cn1cc(-c2nc(NC3CCN(S(=O)(=O)N4CCC(CN5CCC6(CC5)CCN(c5cccc(C7CCC(=O)NC7=O)c5)CC6)CC4)CC3)ncc2C(F)(F)F)cn1. The lowest BCUT2D eigenvalue weighted by Crippen LogP contribution is -2.52. The highest BCUT2D eigenvalue weighted by molar-refractivity contribution is 7.86. The van der Waals surface area contributed by atoms with Crippen LogP contribution < -0.4 is 15.5 Å². The third-order valence-corrected chi connectivity index (χ3v) is 15.7. The molecule has 3 N–H and O–H groups in total. The number of carbonyl (C=O) groups is 2. The maximum atomic E-state index is 14.0. The Kier molecular flexibility index (Phi) is 12.7. The summed E-state index contributed by atoms with van der Waals surface area (Å²) in [7, 11) is -3.66. The molecule has 1 aromatic carbocycles. The first-order chi connectivity index (χ1) is 29.4. The number of rotatable bonds is 11. The number of aliphatic hydroxyl groups is 1. The van der Waals surface area contributed by atoms with Crippen LogP contribution in [0.25, 0.3) is 11.3 Å². The molecule has 0 radical (unpaired) electrons. The van der Waals surface area contributed by atoms with Crippen molar-refractivity contribution in [3.63, 3.8) is 0 Å². The number of nitrogens with zero attached hydrogens (tertiary/aromatic N) is 8. The normalized spacial score (nSPS) is 23.2. The van der Waals surface area contributed by atoms with Crippen molar-refractivity contribution >= 4 is 33.7 Å². The van der Waals surface area contributed by atoms with E-state index >= 15 is 0 Å². The lowest BCUT2D eigenvalue weighted by atomic mass is 9.71. The molecule has 2 aromatic heterocycles. The molecule has 0 aliphatic carbocycles. The Morgan fingerprint density at radius 2 is 1.56 bits per heavy atom. The number of benzene rings is 1. The summed E-state index contributed by atoms with van der Waals surface area (Å²) in [4.78, 5) is 37.3. The minimum atomic E-state index is -4.70. The highest BCUT2D eigenvalue weighted by Gasteiger charge is 2.41. The smallest absolute Gasteiger partial charge is 0.389 e. The van der Waals surface area contributed by atoms with Gasteiger partial charge in [-0.05, 0) is 114 Å². The van der Waals surface area contributed by atoms with Crippen LogP contribution in [0, 0.1) is 11.3 Å². The lowest BCUT2D eigenvalue weighted by molar-refractivity contribution is -0.137. The summed E-state index contributed by atoms with van der Waals surface area (Å²) < 4.78 is 73.9. The van der Waals surface area contributed by atoms with Gasteiger partial charge in [-0.3, -0.25) is 19.6 Å². The third kappa shape index (κ3) is 10.3. The average molecular weight is 885 g/mol. The molecule has 338 valence electrons. The van der Waals surface area contributed by atoms with Crippen LogP contribution in [0.2, 0.25) is 0 Å². The summed E-state index contributed by atoms with van der Waals surface area (Å²) in [5.41, 5.74) is 0.152. The summed E-state index contributed by atoms with van der Waals surface area (Å²) >= 11 is 0. The number of aromatic nitrogens is 4. The first kappa shape index (κ1) is 44.4. The zero-order valence-electron chi connectivity index (χ0n) is 35.6. The number of likely N-dealkylation sites (tertiary alicyclic amines) is 1. The predicted molar refractivity (Wildman–Crippen MR) is 227 cm³/mol. The van der Waals surface area contributed by atoms with Crippen LogP contribution in [-0.4, -0.2) is 129 Å². The van der Waals surface area contributed by atoms with Gasteiger partial charge in [-0.1, -0.05) is 12.1 Å². The monoisotopic (exact) mass is 884 g/mol. The van der Waals surface area contributed by atoms with Crippen LogP contribution in [0.3, 0.4) is 0 Å². The Bertz CT molecular complexity index is 2180. The van der Waals surface area contributed by atoms with E-state index in [-0.39, 0.29) is 60.6 Å². The van der Waals surface area contributed by atoms with Crippen molar-refractivity contribution in [2.75, 3.05) is 69.1 Å². The molecule has 5 fully saturated rings. The van der Waals surface area contributed by atoms with E-state index < -0.39 is 27.6 Å². The van der Waals surface area contributed by atoms with E-state index in [4.69, 9.17) is 0 Å². The molecule has 62 heavy (non-hydrogen) atoms. The molecular formula is C43H59F3N10O5S. The van der Waals surface area contributed by atoms with E-state index in [1.54, 1.807) is 18.2 Å². The summed E-state index contributed by atoms with van der Waals surface area (Å²) in [6, 6.07) is 8.02. The standard InChI is InChI=1S/C43H59F3N10O5S/c1-41(2,59)29-54-28-32(25-48-54)38-36(43(44,45)46)26-47-40(51-38)49-33-10-18-56(19-11-33)62(60,61)55-16-8-30(9-17-55)27-52-20-12-42(13-21-52)14-22-53(23-15-42)34-5-3-4-31(24-34)35-6-7-37(57)50-39(35)58/h3-5,24-26,28,30,33,35,59H,6-23,27,29H2,1-2H3,(H,47,49,51)(H,50,57,58). The second kappa shape index (κ2) is 17.8. The summed E-state index contributed by atoms with van der Waals surface area (Å²) in [5, 5.41) is 19.9. The maximum Gasteiger partial charge on any atom is 0.419 e. The number of imide groups is 1. The fourth-order valence-electron chi connectivity index (χ4n) is 10.0. The van der Waals surface area contributed by atoms with Gasteiger partial charge in [-0.25, -0.2) is 9.97 Å². The van der Waals surface area contributed by atoms with Gasteiger partial charge in [0.15, 0.2) is 0 Å². The second-order valence-electron chi connectivity index (χ2n) is 18.7. The number of hydrogen-bond donors (Lipinski definition) is 3. The van der Waals surface area contributed by atoms with Gasteiger partial charge in [-0.15, -0.1) is 0 Å². The Hall–Kier alpha value is -4.17. The van der Waals surface area contributed by atoms with Gasteiger partial charge in [-0.2, -0.15) is 35.3 Å². The quantitative estimate of drug-likeness (QED) is 0.225. The molecule has 3 aromatic rings. The Labute approximate surface area is 361 Å². The van der Waals surface area contributed by atoms with Crippen LogP contribution in [-0.2, 0) is 32.5 Å². The number of alkyl halides is 3. The zero-order chi connectivity index (χ0) is 43.9. The van der Waals surface area contributed by atoms with Gasteiger partial charge in [0.05, 0.1) is 30.0 Å². The van der Waals surface area contributed by atoms with E-state index in [0.717, 1.165) is 88.7 Å². The van der Waals surface area contributed by atoms with Crippen molar-refractivity contribution in [2.45, 2.75) is 108 Å². The molecule has 15 nitrogen and oxygen atoms in total. The van der Waals surface area contributed by atoms with Crippen LogP contribution in [0.5, 0.6) is 0 Å². The van der Waals surface area contributed by atoms with Crippen molar-refractivity contribution in [2.24, 2.45) is 11.3 Å². The van der Waals surface area contributed by atoms with E-state index in [1.165, 1.54) is 21.4 Å². The molecule has 19 heteroatoms. The molecule has 1 spiro atoms. The van der Waals surface area contributed by atoms with Gasteiger partial charge in [0, 0.05) is 81.9 Å². The van der Waals surface area contributed by atoms with Crippen LogP contribution >= 0.6 is 0 Å². The van der Waals surface area contributed by atoms with Crippen LogP contribution in [0.1, 0.15) is 95.1 Å². The Balaban J connectivity index is 0.770. The molecular weight excluding hydrogens is 826 g/mol. The fraction of sp³-hybridized carbons (Fsp3) is 0.651. The minimum Gasteiger partial charge on any atom is -0.389 e. The molecule has 7 heterocycles. The largest absolute Gasteiger partial charge is 0.419 e. The van der Waals surface area contributed by atoms with E-state index in [9.17, 15) is 36.3 Å². The fourth-order valence-corrected chi connectivity index (χ4v) is 11.7. The number of amides is 2.